The van der Waals surface area contributed by atoms with Gasteiger partial charge in [0.2, 0.25) is 5.91 Å². The summed E-state index contributed by atoms with van der Waals surface area (Å²) in [6, 6.07) is 19.5. The fourth-order valence-corrected chi connectivity index (χ4v) is 3.08. The molecule has 4 N–H and O–H groups in total. The van der Waals surface area contributed by atoms with Crippen molar-refractivity contribution in [3.63, 3.8) is 0 Å². The standard InChI is InChI=1S/C24H20N6O2/c25-24(32)28-20-11-9-19(10-12-20)27-22(31)13-8-18-16-30(21-6-2-1-3-7-21)29-23(18)17-5-4-14-26-15-17/h1-16H,(H,27,31)(H3,25,28,32)/b13-8+. The normalized spacial score (nSPS) is 10.8. The summed E-state index contributed by atoms with van der Waals surface area (Å²) in [4.78, 5) is 27.5. The van der Waals surface area contributed by atoms with Crippen LogP contribution < -0.4 is 16.4 Å². The first-order chi connectivity index (χ1) is 15.6. The number of para-hydroxylation sites is 1. The van der Waals surface area contributed by atoms with Crippen LogP contribution >= 0.6 is 0 Å². The van der Waals surface area contributed by atoms with Gasteiger partial charge in [0, 0.05) is 47.2 Å². The molecule has 2 heterocycles. The van der Waals surface area contributed by atoms with Gasteiger partial charge in [0.05, 0.1) is 5.69 Å². The Balaban J connectivity index is 1.55. The molecule has 0 aliphatic carbocycles. The number of rotatable bonds is 6. The highest BCUT2D eigenvalue weighted by atomic mass is 16.2. The molecule has 0 saturated carbocycles. The lowest BCUT2D eigenvalue weighted by Gasteiger charge is -2.05. The Bertz CT molecular complexity index is 1250. The summed E-state index contributed by atoms with van der Waals surface area (Å²) in [6.45, 7) is 0. The van der Waals surface area contributed by atoms with Gasteiger partial charge in [-0.1, -0.05) is 18.2 Å². The largest absolute Gasteiger partial charge is 0.351 e. The van der Waals surface area contributed by atoms with Crippen LogP contribution in [0.3, 0.4) is 0 Å². The lowest BCUT2D eigenvalue weighted by atomic mass is 10.1. The van der Waals surface area contributed by atoms with Gasteiger partial charge in [0.1, 0.15) is 5.69 Å². The van der Waals surface area contributed by atoms with E-state index < -0.39 is 6.03 Å². The van der Waals surface area contributed by atoms with E-state index in [-0.39, 0.29) is 5.91 Å². The van der Waals surface area contributed by atoms with Crippen molar-refractivity contribution in [2.45, 2.75) is 0 Å². The summed E-state index contributed by atoms with van der Waals surface area (Å²) in [5, 5.41) is 9.94. The Labute approximate surface area is 184 Å². The molecule has 8 heteroatoms. The Kier molecular flexibility index (Phi) is 6.03. The van der Waals surface area contributed by atoms with Gasteiger partial charge < -0.3 is 16.4 Å². The third-order valence-corrected chi connectivity index (χ3v) is 4.53. The summed E-state index contributed by atoms with van der Waals surface area (Å²) < 4.78 is 1.77. The van der Waals surface area contributed by atoms with Gasteiger partial charge in [0.25, 0.3) is 0 Å². The van der Waals surface area contributed by atoms with Gasteiger partial charge in [0.15, 0.2) is 0 Å². The highest BCUT2D eigenvalue weighted by Crippen LogP contribution is 2.24. The molecule has 158 valence electrons. The predicted molar refractivity (Wildman–Crippen MR) is 124 cm³/mol. The van der Waals surface area contributed by atoms with Crippen molar-refractivity contribution in [3.8, 4) is 16.9 Å². The number of urea groups is 1. The van der Waals surface area contributed by atoms with E-state index in [4.69, 9.17) is 10.8 Å². The van der Waals surface area contributed by atoms with E-state index in [1.807, 2.05) is 48.7 Å². The Morgan fingerprint density at radius 1 is 0.906 bits per heavy atom. The van der Waals surface area contributed by atoms with Crippen molar-refractivity contribution in [2.24, 2.45) is 5.73 Å². The quantitative estimate of drug-likeness (QED) is 0.405. The molecule has 0 aliphatic rings. The molecule has 2 aromatic heterocycles. The smallest absolute Gasteiger partial charge is 0.316 e. The van der Waals surface area contributed by atoms with Crippen molar-refractivity contribution in [2.75, 3.05) is 10.6 Å². The van der Waals surface area contributed by atoms with E-state index in [1.165, 1.54) is 6.08 Å². The Morgan fingerprint density at radius 2 is 1.62 bits per heavy atom. The van der Waals surface area contributed by atoms with Gasteiger partial charge in [-0.05, 0) is 54.6 Å². The highest BCUT2D eigenvalue weighted by Gasteiger charge is 2.11. The minimum Gasteiger partial charge on any atom is -0.351 e. The molecule has 0 bridgehead atoms. The van der Waals surface area contributed by atoms with Gasteiger partial charge in [-0.15, -0.1) is 0 Å². The average Bonchev–Trinajstić information content (AvgIpc) is 3.24. The van der Waals surface area contributed by atoms with E-state index in [0.717, 1.165) is 16.8 Å². The second-order valence-electron chi connectivity index (χ2n) is 6.84. The minimum atomic E-state index is -0.648. The van der Waals surface area contributed by atoms with Crippen LogP contribution in [0.5, 0.6) is 0 Å². The number of primary amides is 1. The molecule has 32 heavy (non-hydrogen) atoms. The van der Waals surface area contributed by atoms with E-state index in [1.54, 1.807) is 47.4 Å². The molecule has 4 rings (SSSR count). The average molecular weight is 424 g/mol. The first-order valence-corrected chi connectivity index (χ1v) is 9.79. The van der Waals surface area contributed by atoms with Crippen LogP contribution in [-0.2, 0) is 4.79 Å². The summed E-state index contributed by atoms with van der Waals surface area (Å²) in [5.74, 6) is -0.301. The molecule has 8 nitrogen and oxygen atoms in total. The number of nitrogens with two attached hydrogens (primary N) is 1. The van der Waals surface area contributed by atoms with Crippen LogP contribution in [0.15, 0.2) is 91.4 Å². The molecule has 0 atom stereocenters. The second kappa shape index (κ2) is 9.40. The Hall–Kier alpha value is -4.72. The summed E-state index contributed by atoms with van der Waals surface area (Å²) in [5.41, 5.74) is 9.47. The fraction of sp³-hybridized carbons (Fsp3) is 0. The zero-order valence-corrected chi connectivity index (χ0v) is 17.0. The number of aromatic nitrogens is 3. The number of amides is 3. The summed E-state index contributed by atoms with van der Waals surface area (Å²) in [7, 11) is 0. The Morgan fingerprint density at radius 3 is 2.28 bits per heavy atom. The molecule has 4 aromatic rings. The molecule has 0 radical (unpaired) electrons. The molecule has 0 aliphatic heterocycles. The third kappa shape index (κ3) is 5.06. The van der Waals surface area contributed by atoms with E-state index in [0.29, 0.717) is 17.1 Å². The van der Waals surface area contributed by atoms with Gasteiger partial charge in [-0.2, -0.15) is 5.10 Å². The molecular weight excluding hydrogens is 404 g/mol. The first-order valence-electron chi connectivity index (χ1n) is 9.79. The van der Waals surface area contributed by atoms with Crippen LogP contribution in [-0.4, -0.2) is 26.7 Å². The topological polar surface area (TPSA) is 115 Å². The number of carbonyl (C=O) groups excluding carboxylic acids is 2. The number of anilines is 2. The number of hydrogen-bond acceptors (Lipinski definition) is 4. The van der Waals surface area contributed by atoms with Crippen LogP contribution in [0.25, 0.3) is 23.0 Å². The first kappa shape index (κ1) is 20.5. The molecule has 0 spiro atoms. The fourth-order valence-electron chi connectivity index (χ4n) is 3.08. The molecule has 2 aromatic carbocycles. The lowest BCUT2D eigenvalue weighted by molar-refractivity contribution is -0.111. The van der Waals surface area contributed by atoms with Crippen molar-refractivity contribution >= 4 is 29.4 Å². The maximum atomic E-state index is 12.4. The van der Waals surface area contributed by atoms with Crippen LogP contribution in [0.4, 0.5) is 16.2 Å². The second-order valence-corrected chi connectivity index (χ2v) is 6.84. The highest BCUT2D eigenvalue weighted by molar-refractivity contribution is 6.02. The van der Waals surface area contributed by atoms with Gasteiger partial charge in [-0.25, -0.2) is 9.48 Å². The lowest BCUT2D eigenvalue weighted by Crippen LogP contribution is -2.19. The van der Waals surface area contributed by atoms with Crippen molar-refractivity contribution in [3.05, 3.63) is 97.0 Å². The SMILES string of the molecule is NC(=O)Nc1ccc(NC(=O)/C=C/c2cn(-c3ccccc3)nc2-c2cccnc2)cc1. The van der Waals surface area contributed by atoms with E-state index >= 15 is 0 Å². The van der Waals surface area contributed by atoms with Crippen LogP contribution in [0, 0.1) is 0 Å². The van der Waals surface area contributed by atoms with Crippen molar-refractivity contribution in [1.82, 2.24) is 14.8 Å². The number of nitrogens with zero attached hydrogens (tertiary/aromatic N) is 3. The summed E-state index contributed by atoms with van der Waals surface area (Å²) >= 11 is 0. The van der Waals surface area contributed by atoms with Gasteiger partial charge in [-0.3, -0.25) is 9.78 Å². The maximum absolute atomic E-state index is 12.4. The third-order valence-electron chi connectivity index (χ3n) is 4.53. The van der Waals surface area contributed by atoms with Crippen LogP contribution in [0.1, 0.15) is 5.56 Å². The number of hydrogen-bond donors (Lipinski definition) is 3. The monoisotopic (exact) mass is 424 g/mol. The number of benzene rings is 2. The maximum Gasteiger partial charge on any atom is 0.316 e. The molecule has 0 saturated heterocycles. The molecular formula is C24H20N6O2. The number of nitrogens with one attached hydrogen (secondary N) is 2. The van der Waals surface area contributed by atoms with E-state index in [2.05, 4.69) is 15.6 Å². The minimum absolute atomic E-state index is 0.301. The zero-order chi connectivity index (χ0) is 22.3. The predicted octanol–water partition coefficient (Wildman–Crippen LogP) is 4.08. The van der Waals surface area contributed by atoms with Crippen molar-refractivity contribution < 1.29 is 9.59 Å². The number of carbonyl (C=O) groups is 2. The number of pyridine rings is 1. The zero-order valence-electron chi connectivity index (χ0n) is 17.0. The van der Waals surface area contributed by atoms with E-state index in [9.17, 15) is 9.59 Å². The molecule has 0 fully saturated rings. The van der Waals surface area contributed by atoms with Crippen molar-refractivity contribution in [1.29, 1.82) is 0 Å². The summed E-state index contributed by atoms with van der Waals surface area (Å²) in [6.07, 6.45) is 8.46. The van der Waals surface area contributed by atoms with Crippen LogP contribution in [0.2, 0.25) is 0 Å². The molecule has 3 amide bonds. The molecule has 0 unspecified atom stereocenters. The van der Waals surface area contributed by atoms with Gasteiger partial charge >= 0.3 is 6.03 Å².